The summed E-state index contributed by atoms with van der Waals surface area (Å²) in [6.45, 7) is 7.15. The molecule has 116 valence electrons. The molecule has 1 heterocycles. The molecule has 2 atom stereocenters. The molecule has 1 aromatic rings. The standard InChI is InChI=1S/C16H25N3O2/c1-3-12(2)15(17)16(20)18-13-6-4-5-7-14(13)19-8-10-21-11-9-19/h4-7,12,15H,3,8-11,17H2,1-2H3,(H,18,20)/t12-,15-/m0/s1. The van der Waals surface area contributed by atoms with E-state index < -0.39 is 6.04 Å². The van der Waals surface area contributed by atoms with Gasteiger partial charge in [0.25, 0.3) is 0 Å². The molecule has 3 N–H and O–H groups in total. The fourth-order valence-electron chi connectivity index (χ4n) is 2.39. The largest absolute Gasteiger partial charge is 0.378 e. The highest BCUT2D eigenvalue weighted by Gasteiger charge is 2.21. The Bertz CT molecular complexity index is 472. The molecule has 2 rings (SSSR count). The number of hydrogen-bond donors (Lipinski definition) is 2. The first-order valence-corrected chi connectivity index (χ1v) is 7.61. The van der Waals surface area contributed by atoms with Crippen molar-refractivity contribution in [3.05, 3.63) is 24.3 Å². The minimum atomic E-state index is -0.479. The van der Waals surface area contributed by atoms with Gasteiger partial charge in [0.05, 0.1) is 30.6 Å². The lowest BCUT2D eigenvalue weighted by atomic mass is 9.99. The van der Waals surface area contributed by atoms with Crippen molar-refractivity contribution < 1.29 is 9.53 Å². The number of carbonyl (C=O) groups is 1. The molecular weight excluding hydrogens is 266 g/mol. The number of benzene rings is 1. The maximum Gasteiger partial charge on any atom is 0.241 e. The number of hydrogen-bond acceptors (Lipinski definition) is 4. The molecular formula is C16H25N3O2. The Morgan fingerprint density at radius 1 is 1.38 bits per heavy atom. The summed E-state index contributed by atoms with van der Waals surface area (Å²) in [5.41, 5.74) is 7.86. The van der Waals surface area contributed by atoms with Gasteiger partial charge < -0.3 is 20.7 Å². The number of nitrogens with one attached hydrogen (secondary N) is 1. The smallest absolute Gasteiger partial charge is 0.241 e. The number of carbonyl (C=O) groups excluding carboxylic acids is 1. The molecule has 0 radical (unpaired) electrons. The lowest BCUT2D eigenvalue weighted by Gasteiger charge is -2.31. The normalized spacial score (nSPS) is 18.1. The van der Waals surface area contributed by atoms with Gasteiger partial charge in [0.15, 0.2) is 0 Å². The lowest BCUT2D eigenvalue weighted by Crippen LogP contribution is -2.41. The highest BCUT2D eigenvalue weighted by Crippen LogP contribution is 2.26. The number of rotatable bonds is 5. The summed E-state index contributed by atoms with van der Waals surface area (Å²) < 4.78 is 5.38. The first-order chi connectivity index (χ1) is 10.1. The second kappa shape index (κ2) is 7.43. The fourth-order valence-corrected chi connectivity index (χ4v) is 2.39. The van der Waals surface area contributed by atoms with E-state index in [0.717, 1.165) is 30.9 Å². The number of nitrogens with zero attached hydrogens (tertiary/aromatic N) is 1. The van der Waals surface area contributed by atoms with E-state index in [4.69, 9.17) is 10.5 Å². The van der Waals surface area contributed by atoms with Gasteiger partial charge in [-0.25, -0.2) is 0 Å². The van der Waals surface area contributed by atoms with Gasteiger partial charge in [-0.15, -0.1) is 0 Å². The first kappa shape index (κ1) is 15.8. The zero-order chi connectivity index (χ0) is 15.2. The van der Waals surface area contributed by atoms with E-state index in [2.05, 4.69) is 10.2 Å². The van der Waals surface area contributed by atoms with E-state index in [-0.39, 0.29) is 11.8 Å². The molecule has 1 aliphatic rings. The zero-order valence-corrected chi connectivity index (χ0v) is 12.8. The van der Waals surface area contributed by atoms with E-state index in [0.29, 0.717) is 13.2 Å². The maximum absolute atomic E-state index is 12.3. The molecule has 1 aliphatic heterocycles. The van der Waals surface area contributed by atoms with Crippen molar-refractivity contribution in [1.29, 1.82) is 0 Å². The second-order valence-electron chi connectivity index (χ2n) is 5.52. The van der Waals surface area contributed by atoms with Crippen molar-refractivity contribution in [3.8, 4) is 0 Å². The Labute approximate surface area is 126 Å². The molecule has 21 heavy (non-hydrogen) atoms. The molecule has 0 saturated carbocycles. The van der Waals surface area contributed by atoms with E-state index in [9.17, 15) is 4.79 Å². The number of anilines is 2. The maximum atomic E-state index is 12.3. The third-order valence-corrected chi connectivity index (χ3v) is 4.07. The van der Waals surface area contributed by atoms with E-state index >= 15 is 0 Å². The van der Waals surface area contributed by atoms with E-state index in [1.807, 2.05) is 38.1 Å². The monoisotopic (exact) mass is 291 g/mol. The van der Waals surface area contributed by atoms with Crippen LogP contribution >= 0.6 is 0 Å². The molecule has 1 saturated heterocycles. The number of ether oxygens (including phenoxy) is 1. The molecule has 1 fully saturated rings. The van der Waals surface area contributed by atoms with Crippen LogP contribution in [0.4, 0.5) is 11.4 Å². The van der Waals surface area contributed by atoms with Gasteiger partial charge in [-0.1, -0.05) is 32.4 Å². The predicted molar refractivity (Wildman–Crippen MR) is 85.5 cm³/mol. The summed E-state index contributed by atoms with van der Waals surface area (Å²) in [6, 6.07) is 7.37. The minimum Gasteiger partial charge on any atom is -0.378 e. The van der Waals surface area contributed by atoms with Gasteiger partial charge in [-0.05, 0) is 18.1 Å². The Balaban J connectivity index is 2.11. The van der Waals surface area contributed by atoms with Gasteiger partial charge in [-0.2, -0.15) is 0 Å². The molecule has 1 aromatic carbocycles. The highest BCUT2D eigenvalue weighted by molar-refractivity contribution is 5.97. The van der Waals surface area contributed by atoms with Crippen LogP contribution in [0.2, 0.25) is 0 Å². The van der Waals surface area contributed by atoms with Crippen molar-refractivity contribution in [2.75, 3.05) is 36.5 Å². The molecule has 5 nitrogen and oxygen atoms in total. The third kappa shape index (κ3) is 3.95. The van der Waals surface area contributed by atoms with Crippen LogP contribution < -0.4 is 16.0 Å². The van der Waals surface area contributed by atoms with Gasteiger partial charge in [-0.3, -0.25) is 4.79 Å². The van der Waals surface area contributed by atoms with Gasteiger partial charge in [0, 0.05) is 13.1 Å². The molecule has 5 heteroatoms. The summed E-state index contributed by atoms with van der Waals surface area (Å²) in [6.07, 6.45) is 0.889. The Morgan fingerprint density at radius 3 is 2.71 bits per heavy atom. The third-order valence-electron chi connectivity index (χ3n) is 4.07. The van der Waals surface area contributed by atoms with Crippen molar-refractivity contribution in [2.24, 2.45) is 11.7 Å². The molecule has 0 spiro atoms. The fraction of sp³-hybridized carbons (Fsp3) is 0.562. The topological polar surface area (TPSA) is 67.6 Å². The number of morpholine rings is 1. The summed E-state index contributed by atoms with van der Waals surface area (Å²) in [4.78, 5) is 14.5. The summed E-state index contributed by atoms with van der Waals surface area (Å²) in [5, 5.41) is 2.98. The van der Waals surface area contributed by atoms with E-state index in [1.54, 1.807) is 0 Å². The van der Waals surface area contributed by atoms with Gasteiger partial charge in [0.2, 0.25) is 5.91 Å². The van der Waals surface area contributed by atoms with Crippen LogP contribution in [-0.2, 0) is 9.53 Å². The van der Waals surface area contributed by atoms with Crippen molar-refractivity contribution >= 4 is 17.3 Å². The van der Waals surface area contributed by atoms with Crippen LogP contribution in [0.25, 0.3) is 0 Å². The summed E-state index contributed by atoms with van der Waals surface area (Å²) in [7, 11) is 0. The average molecular weight is 291 g/mol. The van der Waals surface area contributed by atoms with Crippen LogP contribution in [-0.4, -0.2) is 38.3 Å². The molecule has 0 aromatic heterocycles. The number of para-hydroxylation sites is 2. The molecule has 0 bridgehead atoms. The number of nitrogens with two attached hydrogens (primary N) is 1. The first-order valence-electron chi connectivity index (χ1n) is 7.61. The molecule has 0 unspecified atom stereocenters. The van der Waals surface area contributed by atoms with E-state index in [1.165, 1.54) is 0 Å². The SMILES string of the molecule is CC[C@H](C)[C@H](N)C(=O)Nc1ccccc1N1CCOCC1. The van der Waals surface area contributed by atoms with Crippen molar-refractivity contribution in [1.82, 2.24) is 0 Å². The summed E-state index contributed by atoms with van der Waals surface area (Å²) >= 11 is 0. The predicted octanol–water partition coefficient (Wildman–Crippen LogP) is 1.84. The number of amides is 1. The van der Waals surface area contributed by atoms with Gasteiger partial charge >= 0.3 is 0 Å². The Morgan fingerprint density at radius 2 is 2.05 bits per heavy atom. The zero-order valence-electron chi connectivity index (χ0n) is 12.8. The van der Waals surface area contributed by atoms with Gasteiger partial charge in [0.1, 0.15) is 0 Å². The van der Waals surface area contributed by atoms with Crippen LogP contribution in [0.15, 0.2) is 24.3 Å². The molecule has 0 aliphatic carbocycles. The van der Waals surface area contributed by atoms with Crippen LogP contribution in [0, 0.1) is 5.92 Å². The molecule has 1 amide bonds. The minimum absolute atomic E-state index is 0.120. The summed E-state index contributed by atoms with van der Waals surface area (Å²) in [5.74, 6) is 0.0469. The van der Waals surface area contributed by atoms with Crippen molar-refractivity contribution in [3.63, 3.8) is 0 Å². The van der Waals surface area contributed by atoms with Crippen LogP contribution in [0.3, 0.4) is 0 Å². The van der Waals surface area contributed by atoms with Crippen molar-refractivity contribution in [2.45, 2.75) is 26.3 Å². The highest BCUT2D eigenvalue weighted by atomic mass is 16.5. The second-order valence-corrected chi connectivity index (χ2v) is 5.52. The average Bonchev–Trinajstić information content (AvgIpc) is 2.54. The van der Waals surface area contributed by atoms with Crippen LogP contribution in [0.1, 0.15) is 20.3 Å². The van der Waals surface area contributed by atoms with Crippen LogP contribution in [0.5, 0.6) is 0 Å². The Kier molecular flexibility index (Phi) is 5.59. The quantitative estimate of drug-likeness (QED) is 0.868. The lowest BCUT2D eigenvalue weighted by molar-refractivity contribution is -0.118. The Hall–Kier alpha value is -1.59.